The van der Waals surface area contributed by atoms with Crippen molar-refractivity contribution in [1.82, 2.24) is 20.3 Å². The van der Waals surface area contributed by atoms with E-state index in [4.69, 9.17) is 9.78 Å². The normalized spacial score (nSPS) is 10.4. The maximum atomic E-state index is 13.1. The number of hydrogen-bond donors (Lipinski definition) is 1. The largest absolute Gasteiger partial charge is 0.334 e. The third kappa shape index (κ3) is 2.27. The molecule has 0 amide bonds. The van der Waals surface area contributed by atoms with E-state index in [0.717, 1.165) is 5.56 Å². The fraction of sp³-hybridized carbons (Fsp3) is 0.0769. The highest BCUT2D eigenvalue weighted by molar-refractivity contribution is 5.59. The van der Waals surface area contributed by atoms with E-state index < -0.39 is 0 Å². The Bertz CT molecular complexity index is 786. The van der Waals surface area contributed by atoms with E-state index in [1.165, 1.54) is 18.3 Å². The molecule has 0 unspecified atom stereocenters. The van der Waals surface area contributed by atoms with Gasteiger partial charge in [-0.3, -0.25) is 5.10 Å². The smallest absolute Gasteiger partial charge is 0.262 e. The Labute approximate surface area is 112 Å². The van der Waals surface area contributed by atoms with Crippen LogP contribution >= 0.6 is 0 Å². The number of rotatable bonds is 3. The summed E-state index contributed by atoms with van der Waals surface area (Å²) in [6.45, 7) is 0. The lowest BCUT2D eigenvalue weighted by Crippen LogP contribution is -1.91. The summed E-state index contributed by atoms with van der Waals surface area (Å²) in [7, 11) is 0. The summed E-state index contributed by atoms with van der Waals surface area (Å²) < 4.78 is 18.2. The Morgan fingerprint density at radius 2 is 2.30 bits per heavy atom. The minimum absolute atomic E-state index is 0.210. The number of halogens is 1. The molecule has 0 atom stereocenters. The van der Waals surface area contributed by atoms with Crippen LogP contribution in [0.1, 0.15) is 17.1 Å². The SMILES string of the molecule is N#Cc1[nH]ncc1-c1nc(Cc2cccc(F)c2)no1. The Kier molecular flexibility index (Phi) is 2.97. The maximum Gasteiger partial charge on any atom is 0.262 e. The van der Waals surface area contributed by atoms with E-state index in [1.807, 2.05) is 6.07 Å². The molecule has 2 heterocycles. The molecule has 2 aromatic heterocycles. The van der Waals surface area contributed by atoms with Gasteiger partial charge in [-0.05, 0) is 17.7 Å². The van der Waals surface area contributed by atoms with Gasteiger partial charge in [-0.1, -0.05) is 17.3 Å². The van der Waals surface area contributed by atoms with Crippen molar-refractivity contribution in [2.75, 3.05) is 0 Å². The van der Waals surface area contributed by atoms with Gasteiger partial charge in [0, 0.05) is 6.42 Å². The van der Waals surface area contributed by atoms with E-state index in [1.54, 1.807) is 12.1 Å². The standard InChI is InChI=1S/C13H8FN5O/c14-9-3-1-2-8(4-9)5-12-17-13(20-19-12)10-7-16-18-11(10)6-15/h1-4,7H,5H2,(H,16,18). The Balaban J connectivity index is 1.86. The van der Waals surface area contributed by atoms with E-state index in [-0.39, 0.29) is 17.4 Å². The van der Waals surface area contributed by atoms with Crippen molar-refractivity contribution < 1.29 is 8.91 Å². The molecule has 7 heteroatoms. The molecule has 1 aromatic carbocycles. The molecule has 20 heavy (non-hydrogen) atoms. The molecule has 0 radical (unpaired) electrons. The summed E-state index contributed by atoms with van der Waals surface area (Å²) in [5, 5.41) is 19.0. The van der Waals surface area contributed by atoms with Crippen LogP contribution in [0.4, 0.5) is 4.39 Å². The summed E-state index contributed by atoms with van der Waals surface area (Å²) in [6, 6.07) is 8.12. The van der Waals surface area contributed by atoms with Gasteiger partial charge in [0.25, 0.3) is 5.89 Å². The van der Waals surface area contributed by atoms with Crippen LogP contribution in [0.5, 0.6) is 0 Å². The van der Waals surface area contributed by atoms with Crippen molar-refractivity contribution in [2.24, 2.45) is 0 Å². The first-order valence-corrected chi connectivity index (χ1v) is 5.77. The number of H-pyrrole nitrogens is 1. The molecular weight excluding hydrogens is 261 g/mol. The zero-order valence-electron chi connectivity index (χ0n) is 10.2. The molecule has 3 rings (SSSR count). The summed E-state index contributed by atoms with van der Waals surface area (Å²) in [6.07, 6.45) is 1.79. The van der Waals surface area contributed by atoms with Crippen LogP contribution in [-0.4, -0.2) is 20.3 Å². The molecule has 98 valence electrons. The van der Waals surface area contributed by atoms with Gasteiger partial charge >= 0.3 is 0 Å². The third-order valence-electron chi connectivity index (χ3n) is 2.70. The molecule has 0 saturated heterocycles. The zero-order chi connectivity index (χ0) is 13.9. The predicted octanol–water partition coefficient (Wildman–Crippen LogP) is 2.06. The number of nitrogens with zero attached hydrogens (tertiary/aromatic N) is 4. The molecule has 3 aromatic rings. The van der Waals surface area contributed by atoms with Gasteiger partial charge in [0.1, 0.15) is 17.6 Å². The third-order valence-corrected chi connectivity index (χ3v) is 2.70. The summed E-state index contributed by atoms with van der Waals surface area (Å²) in [5.74, 6) is 0.310. The lowest BCUT2D eigenvalue weighted by Gasteiger charge is -1.95. The van der Waals surface area contributed by atoms with Gasteiger partial charge in [0.2, 0.25) is 0 Å². The summed E-state index contributed by atoms with van der Waals surface area (Å²) in [5.41, 5.74) is 1.45. The highest BCUT2D eigenvalue weighted by Crippen LogP contribution is 2.20. The Morgan fingerprint density at radius 1 is 1.40 bits per heavy atom. The van der Waals surface area contributed by atoms with Gasteiger partial charge in [0.05, 0.1) is 11.8 Å². The van der Waals surface area contributed by atoms with Crippen LogP contribution in [0.2, 0.25) is 0 Å². The van der Waals surface area contributed by atoms with Crippen LogP contribution in [0.3, 0.4) is 0 Å². The van der Waals surface area contributed by atoms with Gasteiger partial charge in [0.15, 0.2) is 5.82 Å². The second-order valence-corrected chi connectivity index (χ2v) is 4.09. The second kappa shape index (κ2) is 4.93. The highest BCUT2D eigenvalue weighted by atomic mass is 19.1. The van der Waals surface area contributed by atoms with Crippen molar-refractivity contribution in [1.29, 1.82) is 5.26 Å². The zero-order valence-corrected chi connectivity index (χ0v) is 10.2. The number of nitrogens with one attached hydrogen (secondary N) is 1. The first kappa shape index (κ1) is 12.0. The number of benzene rings is 1. The lowest BCUT2D eigenvalue weighted by molar-refractivity contribution is 0.424. The average molecular weight is 269 g/mol. The molecule has 6 nitrogen and oxygen atoms in total. The molecule has 1 N–H and O–H groups in total. The van der Waals surface area contributed by atoms with Crippen LogP contribution in [0.15, 0.2) is 35.0 Å². The van der Waals surface area contributed by atoms with Crippen LogP contribution < -0.4 is 0 Å². The van der Waals surface area contributed by atoms with Crippen LogP contribution in [0.25, 0.3) is 11.5 Å². The Hall–Kier alpha value is -3.01. The van der Waals surface area contributed by atoms with Crippen molar-refractivity contribution in [3.63, 3.8) is 0 Å². The van der Waals surface area contributed by atoms with Gasteiger partial charge in [-0.25, -0.2) is 4.39 Å². The molecule has 0 aliphatic rings. The summed E-state index contributed by atoms with van der Waals surface area (Å²) in [4.78, 5) is 4.17. The van der Waals surface area contributed by atoms with Crippen LogP contribution in [0, 0.1) is 17.1 Å². The number of aromatic nitrogens is 4. The van der Waals surface area contributed by atoms with Crippen molar-refractivity contribution in [2.45, 2.75) is 6.42 Å². The molecule has 0 fully saturated rings. The summed E-state index contributed by atoms with van der Waals surface area (Å²) >= 11 is 0. The maximum absolute atomic E-state index is 13.1. The van der Waals surface area contributed by atoms with Gasteiger partial charge in [-0.15, -0.1) is 0 Å². The number of nitriles is 1. The minimum Gasteiger partial charge on any atom is -0.334 e. The number of hydrogen-bond acceptors (Lipinski definition) is 5. The van der Waals surface area contributed by atoms with Crippen molar-refractivity contribution in [3.05, 3.63) is 53.4 Å². The first-order valence-electron chi connectivity index (χ1n) is 5.77. The molecule has 0 aliphatic heterocycles. The van der Waals surface area contributed by atoms with Crippen molar-refractivity contribution >= 4 is 0 Å². The quantitative estimate of drug-likeness (QED) is 0.785. The lowest BCUT2D eigenvalue weighted by atomic mass is 10.1. The number of aromatic amines is 1. The molecule has 0 spiro atoms. The Morgan fingerprint density at radius 3 is 3.10 bits per heavy atom. The van der Waals surface area contributed by atoms with Crippen molar-refractivity contribution in [3.8, 4) is 17.5 Å². The molecular formula is C13H8FN5O. The van der Waals surface area contributed by atoms with E-state index in [9.17, 15) is 4.39 Å². The highest BCUT2D eigenvalue weighted by Gasteiger charge is 2.15. The molecule has 0 bridgehead atoms. The average Bonchev–Trinajstić information content (AvgIpc) is 3.06. The first-order chi connectivity index (χ1) is 9.76. The van der Waals surface area contributed by atoms with E-state index in [2.05, 4.69) is 20.3 Å². The fourth-order valence-electron chi connectivity index (χ4n) is 1.80. The van der Waals surface area contributed by atoms with E-state index >= 15 is 0 Å². The topological polar surface area (TPSA) is 91.4 Å². The second-order valence-electron chi connectivity index (χ2n) is 4.09. The van der Waals surface area contributed by atoms with Crippen LogP contribution in [-0.2, 0) is 6.42 Å². The molecule has 0 saturated carbocycles. The minimum atomic E-state index is -0.312. The monoisotopic (exact) mass is 269 g/mol. The van der Waals surface area contributed by atoms with Gasteiger partial charge in [-0.2, -0.15) is 15.3 Å². The molecule has 0 aliphatic carbocycles. The fourth-order valence-corrected chi connectivity index (χ4v) is 1.80. The van der Waals surface area contributed by atoms with E-state index in [0.29, 0.717) is 17.8 Å². The predicted molar refractivity (Wildman–Crippen MR) is 65.8 cm³/mol. The van der Waals surface area contributed by atoms with Gasteiger partial charge < -0.3 is 4.52 Å².